The summed E-state index contributed by atoms with van der Waals surface area (Å²) in [5, 5.41) is 0. The molecular weight excluding hydrogens is 181 g/mol. The van der Waals surface area contributed by atoms with E-state index in [1.807, 2.05) is 18.2 Å². The molecule has 0 N–H and O–H groups in total. The SMILES string of the molecule is [N-]=[N+]=[N-].[Zn+2].c1ccncc1. The van der Waals surface area contributed by atoms with E-state index >= 15 is 0 Å². The summed E-state index contributed by atoms with van der Waals surface area (Å²) in [5.74, 6) is 0. The molecule has 0 aliphatic carbocycles. The fourth-order valence-corrected chi connectivity index (χ4v) is 0.313. The molecular formula is C5H5N4Zn+. The van der Waals surface area contributed by atoms with Crippen LogP contribution in [0.3, 0.4) is 0 Å². The van der Waals surface area contributed by atoms with Crippen molar-refractivity contribution in [3.8, 4) is 0 Å². The molecule has 46 valence electrons. The molecule has 1 rings (SSSR count). The van der Waals surface area contributed by atoms with Crippen molar-refractivity contribution in [1.29, 1.82) is 0 Å². The van der Waals surface area contributed by atoms with Crippen LogP contribution in [0.2, 0.25) is 0 Å². The summed E-state index contributed by atoms with van der Waals surface area (Å²) in [6.07, 6.45) is 3.50. The molecule has 0 spiro atoms. The molecule has 0 aromatic carbocycles. The Kier molecular flexibility index (Phi) is 13.0. The van der Waals surface area contributed by atoms with Crippen molar-refractivity contribution in [2.45, 2.75) is 0 Å². The topological polar surface area (TPSA) is 71.6 Å². The third-order valence-corrected chi connectivity index (χ3v) is 0.566. The van der Waals surface area contributed by atoms with Gasteiger partial charge in [-0.1, -0.05) is 6.07 Å². The number of rotatable bonds is 0. The number of hydrogen-bond acceptors (Lipinski definition) is 1. The van der Waals surface area contributed by atoms with Gasteiger partial charge in [0.1, 0.15) is 0 Å². The molecule has 0 fully saturated rings. The van der Waals surface area contributed by atoms with Gasteiger partial charge in [-0.05, 0) is 12.1 Å². The Hall–Kier alpha value is -0.917. The molecule has 0 saturated heterocycles. The van der Waals surface area contributed by atoms with Crippen LogP contribution in [0.5, 0.6) is 0 Å². The van der Waals surface area contributed by atoms with Crippen LogP contribution in [0.25, 0.3) is 16.0 Å². The molecule has 0 radical (unpaired) electrons. The fourth-order valence-electron chi connectivity index (χ4n) is 0.313. The van der Waals surface area contributed by atoms with Crippen LogP contribution < -0.4 is 0 Å². The van der Waals surface area contributed by atoms with Gasteiger partial charge in [0.25, 0.3) is 0 Å². The number of pyridine rings is 1. The monoisotopic (exact) mass is 185 g/mol. The normalized spacial score (nSPS) is 5.60. The molecule has 0 unspecified atom stereocenters. The van der Waals surface area contributed by atoms with E-state index < -0.39 is 0 Å². The van der Waals surface area contributed by atoms with Crippen molar-refractivity contribution >= 4 is 0 Å². The van der Waals surface area contributed by atoms with Crippen LogP contribution in [0.1, 0.15) is 0 Å². The first-order chi connectivity index (χ1) is 4.41. The Labute approximate surface area is 71.5 Å². The molecule has 1 heterocycles. The summed E-state index contributed by atoms with van der Waals surface area (Å²) in [6.45, 7) is 0. The maximum Gasteiger partial charge on any atom is 2.00 e. The second-order valence-electron chi connectivity index (χ2n) is 1.11. The van der Waals surface area contributed by atoms with Crippen molar-refractivity contribution in [3.05, 3.63) is 46.6 Å². The summed E-state index contributed by atoms with van der Waals surface area (Å²) in [5.41, 5.74) is 13.5. The summed E-state index contributed by atoms with van der Waals surface area (Å²) >= 11 is 0. The third-order valence-electron chi connectivity index (χ3n) is 0.566. The van der Waals surface area contributed by atoms with Gasteiger partial charge in [0, 0.05) is 12.4 Å². The summed E-state index contributed by atoms with van der Waals surface area (Å²) < 4.78 is 0. The number of nitrogens with zero attached hydrogens (tertiary/aromatic N) is 4. The molecule has 5 heteroatoms. The van der Waals surface area contributed by atoms with E-state index in [9.17, 15) is 0 Å². The summed E-state index contributed by atoms with van der Waals surface area (Å²) in [7, 11) is 0. The summed E-state index contributed by atoms with van der Waals surface area (Å²) in [6, 6.07) is 5.72. The first-order valence-corrected chi connectivity index (χ1v) is 2.25. The van der Waals surface area contributed by atoms with Gasteiger partial charge in [-0.3, -0.25) is 9.90 Å². The van der Waals surface area contributed by atoms with Gasteiger partial charge in [-0.25, -0.2) is 0 Å². The van der Waals surface area contributed by atoms with E-state index in [0.717, 1.165) is 0 Å². The predicted octanol–water partition coefficient (Wildman–Crippen LogP) is 1.95. The molecule has 1 aromatic heterocycles. The first kappa shape index (κ1) is 11.8. The Morgan fingerprint density at radius 3 is 1.50 bits per heavy atom. The first-order valence-electron chi connectivity index (χ1n) is 2.25. The average Bonchev–Trinajstić information content (AvgIpc) is 1.93. The fraction of sp³-hybridized carbons (Fsp3) is 0. The molecule has 1 aromatic rings. The number of hydrogen-bond donors (Lipinski definition) is 0. The second kappa shape index (κ2) is 11.0. The van der Waals surface area contributed by atoms with Gasteiger partial charge in [0.05, 0.1) is 0 Å². The predicted molar refractivity (Wildman–Crippen MR) is 34.3 cm³/mol. The summed E-state index contributed by atoms with van der Waals surface area (Å²) in [4.78, 5) is 5.28. The van der Waals surface area contributed by atoms with Crippen molar-refractivity contribution in [2.24, 2.45) is 0 Å². The third kappa shape index (κ3) is 10.1. The quantitative estimate of drug-likeness (QED) is 0.264. The van der Waals surface area contributed by atoms with Gasteiger partial charge in [-0.15, -0.1) is 0 Å². The van der Waals surface area contributed by atoms with E-state index in [-0.39, 0.29) is 19.5 Å². The van der Waals surface area contributed by atoms with Gasteiger partial charge >= 0.3 is 19.5 Å². The standard InChI is InChI=1S/C5H5N.N3.Zn/c1-2-4-6-5-3-1;1-3-2;/h1-5H;;/q;-1;+2. The van der Waals surface area contributed by atoms with E-state index in [2.05, 4.69) is 4.98 Å². The maximum absolute atomic E-state index is 6.75. The minimum absolute atomic E-state index is 0. The van der Waals surface area contributed by atoms with Crippen LogP contribution in [-0.4, -0.2) is 4.98 Å². The Morgan fingerprint density at radius 2 is 1.40 bits per heavy atom. The zero-order valence-electron chi connectivity index (χ0n) is 5.38. The van der Waals surface area contributed by atoms with E-state index in [1.165, 1.54) is 4.91 Å². The molecule has 0 saturated carbocycles. The van der Waals surface area contributed by atoms with Gasteiger partial charge in [-0.2, -0.15) is 0 Å². The van der Waals surface area contributed by atoms with Crippen LogP contribution in [0.15, 0.2) is 30.6 Å². The van der Waals surface area contributed by atoms with Crippen molar-refractivity contribution in [1.82, 2.24) is 4.98 Å². The van der Waals surface area contributed by atoms with Crippen LogP contribution >= 0.6 is 0 Å². The molecule has 0 amide bonds. The van der Waals surface area contributed by atoms with Crippen molar-refractivity contribution < 1.29 is 19.5 Å². The van der Waals surface area contributed by atoms with Crippen molar-refractivity contribution in [3.63, 3.8) is 0 Å². The average molecular weight is 187 g/mol. The molecule has 0 atom stereocenters. The van der Waals surface area contributed by atoms with Crippen molar-refractivity contribution in [2.75, 3.05) is 0 Å². The van der Waals surface area contributed by atoms with E-state index in [4.69, 9.17) is 11.1 Å². The molecule has 10 heavy (non-hydrogen) atoms. The van der Waals surface area contributed by atoms with E-state index in [0.29, 0.717) is 0 Å². The Morgan fingerprint density at radius 1 is 1.00 bits per heavy atom. The van der Waals surface area contributed by atoms with Crippen LogP contribution in [0, 0.1) is 0 Å². The second-order valence-corrected chi connectivity index (χ2v) is 1.11. The maximum atomic E-state index is 6.75. The van der Waals surface area contributed by atoms with Crippen LogP contribution in [0.4, 0.5) is 0 Å². The number of aromatic nitrogens is 1. The largest absolute Gasteiger partial charge is 2.00 e. The molecule has 0 bridgehead atoms. The Balaban J connectivity index is 0. The zero-order valence-corrected chi connectivity index (χ0v) is 8.35. The smallest absolute Gasteiger partial charge is 0.373 e. The van der Waals surface area contributed by atoms with E-state index in [1.54, 1.807) is 12.4 Å². The minimum Gasteiger partial charge on any atom is -0.373 e. The molecule has 0 aliphatic heterocycles. The van der Waals surface area contributed by atoms with Gasteiger partial charge in [0.15, 0.2) is 0 Å². The molecule has 0 aliphatic rings. The van der Waals surface area contributed by atoms with Gasteiger partial charge in [0.2, 0.25) is 0 Å². The minimum atomic E-state index is 0. The van der Waals surface area contributed by atoms with Crippen LogP contribution in [-0.2, 0) is 19.5 Å². The Bertz CT molecular complexity index is 144. The molecule has 4 nitrogen and oxygen atoms in total. The van der Waals surface area contributed by atoms with Gasteiger partial charge < -0.3 is 11.1 Å². The zero-order chi connectivity index (χ0) is 6.95.